The van der Waals surface area contributed by atoms with Gasteiger partial charge < -0.3 is 14.4 Å². The third kappa shape index (κ3) is 6.17. The molecule has 0 saturated carbocycles. The van der Waals surface area contributed by atoms with Crippen molar-refractivity contribution in [2.24, 2.45) is 4.99 Å². The maximum atomic E-state index is 13.1. The van der Waals surface area contributed by atoms with E-state index in [0.717, 1.165) is 18.8 Å². The largest absolute Gasteiger partial charge is 0.479 e. The normalized spacial score (nSPS) is 18.3. The summed E-state index contributed by atoms with van der Waals surface area (Å²) in [5, 5.41) is 1.07. The maximum absolute atomic E-state index is 13.1. The Morgan fingerprint density at radius 1 is 1.11 bits per heavy atom. The summed E-state index contributed by atoms with van der Waals surface area (Å²) >= 11 is 14.0. The van der Waals surface area contributed by atoms with Crippen LogP contribution in [0.15, 0.2) is 46.3 Å². The number of halogens is 2. The van der Waals surface area contributed by atoms with Crippen LogP contribution in [0.2, 0.25) is 10.0 Å². The van der Waals surface area contributed by atoms with Crippen LogP contribution in [-0.4, -0.2) is 55.3 Å². The molecule has 36 heavy (non-hydrogen) atoms. The number of methoxy groups -OCH3 is 1. The summed E-state index contributed by atoms with van der Waals surface area (Å²) in [5.74, 6) is -0.500. The van der Waals surface area contributed by atoms with Gasteiger partial charge in [0.1, 0.15) is 0 Å². The molecule has 190 valence electrons. The van der Waals surface area contributed by atoms with Gasteiger partial charge in [0, 0.05) is 25.3 Å². The molecule has 0 aromatic heterocycles. The predicted octanol–water partition coefficient (Wildman–Crippen LogP) is 6.16. The van der Waals surface area contributed by atoms with E-state index in [2.05, 4.69) is 21.8 Å². The van der Waals surface area contributed by atoms with Crippen LogP contribution in [0, 0.1) is 0 Å². The van der Waals surface area contributed by atoms with Crippen molar-refractivity contribution in [1.82, 2.24) is 4.90 Å². The summed E-state index contributed by atoms with van der Waals surface area (Å²) in [7, 11) is 1.27. The van der Waals surface area contributed by atoms with Crippen LogP contribution in [0.4, 0.5) is 11.4 Å². The first-order chi connectivity index (χ1) is 17.4. The van der Waals surface area contributed by atoms with E-state index < -0.39 is 5.97 Å². The molecule has 4 rings (SSSR count). The second-order valence-electron chi connectivity index (χ2n) is 8.30. The number of anilines is 1. The van der Waals surface area contributed by atoms with E-state index in [1.807, 2.05) is 19.1 Å². The number of aliphatic imine (C=N–C) groups is 1. The number of nitrogens with zero attached hydrogens (tertiary/aromatic N) is 3. The summed E-state index contributed by atoms with van der Waals surface area (Å²) < 4.78 is 9.93. The van der Waals surface area contributed by atoms with Gasteiger partial charge in [0.25, 0.3) is 5.91 Å². The fourth-order valence-corrected chi connectivity index (χ4v) is 5.69. The Hall–Kier alpha value is -2.68. The van der Waals surface area contributed by atoms with Crippen molar-refractivity contribution in [2.45, 2.75) is 26.2 Å². The Morgan fingerprint density at radius 2 is 1.78 bits per heavy atom. The number of carbonyl (C=O) groups excluding carboxylic acids is 2. The second kappa shape index (κ2) is 12.0. The number of thioether (sulfide) groups is 1. The molecule has 10 heteroatoms. The molecule has 0 N–H and O–H groups in total. The molecule has 0 radical (unpaired) electrons. The van der Waals surface area contributed by atoms with Gasteiger partial charge in [-0.1, -0.05) is 23.2 Å². The highest BCUT2D eigenvalue weighted by Crippen LogP contribution is 2.38. The standard InChI is InChI=1S/C26H27Cl2N3O4S/c1-3-31-25(33)22(15-17-13-20(27)24(21(28)14-17)35-16-23(32)34-2)36-26(31)29-18-7-9-19(10-8-18)30-11-5-4-6-12-30/h7-10,13-15H,3-6,11-12,16H2,1-2H3/b22-15-,29-26?. The lowest BCUT2D eigenvalue weighted by Gasteiger charge is -2.28. The monoisotopic (exact) mass is 547 g/mol. The number of likely N-dealkylation sites (N-methyl/N-ethyl adjacent to an activating group) is 1. The smallest absolute Gasteiger partial charge is 0.343 e. The van der Waals surface area contributed by atoms with Gasteiger partial charge in [-0.2, -0.15) is 0 Å². The molecule has 0 atom stereocenters. The van der Waals surface area contributed by atoms with Gasteiger partial charge in [-0.25, -0.2) is 9.79 Å². The van der Waals surface area contributed by atoms with Gasteiger partial charge in [0.2, 0.25) is 0 Å². The fraction of sp³-hybridized carbons (Fsp3) is 0.346. The highest BCUT2D eigenvalue weighted by atomic mass is 35.5. The minimum absolute atomic E-state index is 0.135. The topological polar surface area (TPSA) is 71.4 Å². The van der Waals surface area contributed by atoms with Crippen molar-refractivity contribution in [2.75, 3.05) is 38.3 Å². The Bertz CT molecular complexity index is 1170. The van der Waals surface area contributed by atoms with Gasteiger partial charge >= 0.3 is 5.97 Å². The third-order valence-corrected chi connectivity index (χ3v) is 7.45. The quantitative estimate of drug-likeness (QED) is 0.305. The number of rotatable bonds is 7. The van der Waals surface area contributed by atoms with Gasteiger partial charge in [0.15, 0.2) is 17.5 Å². The number of amidine groups is 1. The molecule has 2 aliphatic heterocycles. The van der Waals surface area contributed by atoms with E-state index in [1.165, 1.54) is 43.8 Å². The van der Waals surface area contributed by atoms with Crippen LogP contribution in [0.1, 0.15) is 31.7 Å². The van der Waals surface area contributed by atoms with Crippen molar-refractivity contribution < 1.29 is 19.1 Å². The number of hydrogen-bond donors (Lipinski definition) is 0. The molecule has 2 fully saturated rings. The first kappa shape index (κ1) is 26.4. The fourth-order valence-electron chi connectivity index (χ4n) is 4.01. The minimum atomic E-state index is -0.547. The highest BCUT2D eigenvalue weighted by molar-refractivity contribution is 8.18. The van der Waals surface area contributed by atoms with Crippen LogP contribution < -0.4 is 9.64 Å². The highest BCUT2D eigenvalue weighted by Gasteiger charge is 2.32. The lowest BCUT2D eigenvalue weighted by atomic mass is 10.1. The van der Waals surface area contributed by atoms with E-state index in [4.69, 9.17) is 32.9 Å². The van der Waals surface area contributed by atoms with Crippen molar-refractivity contribution in [3.8, 4) is 5.75 Å². The number of carbonyl (C=O) groups is 2. The first-order valence-corrected chi connectivity index (χ1v) is 13.3. The van der Waals surface area contributed by atoms with Gasteiger partial charge in [-0.3, -0.25) is 9.69 Å². The number of hydrogen-bond acceptors (Lipinski definition) is 7. The molecular formula is C26H27Cl2N3O4S. The molecule has 0 aliphatic carbocycles. The first-order valence-electron chi connectivity index (χ1n) is 11.7. The third-order valence-electron chi connectivity index (χ3n) is 5.88. The molecule has 0 spiro atoms. The summed E-state index contributed by atoms with van der Waals surface area (Å²) in [4.78, 5) is 33.7. The van der Waals surface area contributed by atoms with E-state index >= 15 is 0 Å². The Kier molecular flexibility index (Phi) is 8.82. The summed E-state index contributed by atoms with van der Waals surface area (Å²) in [6, 6.07) is 11.4. The minimum Gasteiger partial charge on any atom is -0.479 e. The number of amides is 1. The van der Waals surface area contributed by atoms with Crippen molar-refractivity contribution in [1.29, 1.82) is 0 Å². The molecular weight excluding hydrogens is 521 g/mol. The van der Waals surface area contributed by atoms with Crippen molar-refractivity contribution >= 4 is 69.5 Å². The molecule has 2 aromatic rings. The molecule has 2 saturated heterocycles. The molecule has 2 aliphatic rings. The number of benzene rings is 2. The molecule has 7 nitrogen and oxygen atoms in total. The molecule has 0 bridgehead atoms. The van der Waals surface area contributed by atoms with Crippen LogP contribution in [0.25, 0.3) is 6.08 Å². The summed E-state index contributed by atoms with van der Waals surface area (Å²) in [6.45, 7) is 4.27. The molecule has 1 amide bonds. The van der Waals surface area contributed by atoms with E-state index in [0.29, 0.717) is 22.2 Å². The van der Waals surface area contributed by atoms with E-state index in [9.17, 15) is 9.59 Å². The van der Waals surface area contributed by atoms with Crippen LogP contribution in [0.5, 0.6) is 5.75 Å². The number of piperidine rings is 1. The van der Waals surface area contributed by atoms with Crippen LogP contribution in [0.3, 0.4) is 0 Å². The van der Waals surface area contributed by atoms with Crippen molar-refractivity contribution in [3.05, 3.63) is 56.9 Å². The van der Waals surface area contributed by atoms with E-state index in [-0.39, 0.29) is 28.3 Å². The Balaban J connectivity index is 1.52. The number of ether oxygens (including phenoxy) is 2. The zero-order chi connectivity index (χ0) is 25.7. The van der Waals surface area contributed by atoms with Crippen molar-refractivity contribution in [3.63, 3.8) is 0 Å². The van der Waals surface area contributed by atoms with Gasteiger partial charge in [-0.05, 0) is 86.0 Å². The summed E-state index contributed by atoms with van der Waals surface area (Å²) in [5.41, 5.74) is 2.63. The Morgan fingerprint density at radius 3 is 2.39 bits per heavy atom. The van der Waals surface area contributed by atoms with E-state index in [1.54, 1.807) is 23.1 Å². The molecule has 2 heterocycles. The van der Waals surface area contributed by atoms with Gasteiger partial charge in [0.05, 0.1) is 27.7 Å². The zero-order valence-electron chi connectivity index (χ0n) is 20.1. The zero-order valence-corrected chi connectivity index (χ0v) is 22.5. The summed E-state index contributed by atoms with van der Waals surface area (Å²) in [6.07, 6.45) is 5.47. The van der Waals surface area contributed by atoms with Crippen LogP contribution >= 0.6 is 35.0 Å². The molecule has 0 unspecified atom stereocenters. The SMILES string of the molecule is CCN1C(=O)/C(=C/c2cc(Cl)c(OCC(=O)OC)c(Cl)c2)SC1=Nc1ccc(N2CCCCC2)cc1. The number of esters is 1. The lowest BCUT2D eigenvalue weighted by molar-refractivity contribution is -0.142. The predicted molar refractivity (Wildman–Crippen MR) is 147 cm³/mol. The van der Waals surface area contributed by atoms with Gasteiger partial charge in [-0.15, -0.1) is 0 Å². The average molecular weight is 548 g/mol. The van der Waals surface area contributed by atoms with Crippen LogP contribution in [-0.2, 0) is 14.3 Å². The lowest BCUT2D eigenvalue weighted by Crippen LogP contribution is -2.29. The second-order valence-corrected chi connectivity index (χ2v) is 10.1. The Labute approximate surface area is 225 Å². The molecule has 2 aromatic carbocycles. The average Bonchev–Trinajstić information content (AvgIpc) is 3.17. The maximum Gasteiger partial charge on any atom is 0.343 e.